The van der Waals surface area contributed by atoms with Gasteiger partial charge in [-0.3, -0.25) is 14.4 Å². The number of hydrogen-bond donors (Lipinski definition) is 3. The molecular weight excluding hydrogens is 272 g/mol. The standard InChI is InChI=1S/C15H20N2O4/c1-11(18)16-10-12-6-8-13(9-7-12)17-14(19)4-2-3-5-15(20)21/h6-9H,2-5,10H2,1H3,(H,16,18)(H,17,19)(H,20,21). The van der Waals surface area contributed by atoms with Crippen molar-refractivity contribution in [3.63, 3.8) is 0 Å². The van der Waals surface area contributed by atoms with E-state index in [0.717, 1.165) is 5.56 Å². The maximum atomic E-state index is 11.6. The molecule has 6 heteroatoms. The fourth-order valence-corrected chi connectivity index (χ4v) is 1.72. The molecule has 2 amide bonds. The molecule has 21 heavy (non-hydrogen) atoms. The molecule has 114 valence electrons. The Labute approximate surface area is 123 Å². The fraction of sp³-hybridized carbons (Fsp3) is 0.400. The van der Waals surface area contributed by atoms with E-state index in [-0.39, 0.29) is 18.2 Å². The third kappa shape index (κ3) is 7.71. The number of hydrogen-bond acceptors (Lipinski definition) is 3. The first-order chi connectivity index (χ1) is 9.97. The zero-order chi connectivity index (χ0) is 15.7. The van der Waals surface area contributed by atoms with E-state index in [4.69, 9.17) is 5.11 Å². The molecule has 0 aliphatic carbocycles. The van der Waals surface area contributed by atoms with Gasteiger partial charge >= 0.3 is 5.97 Å². The molecule has 3 N–H and O–H groups in total. The lowest BCUT2D eigenvalue weighted by Gasteiger charge is -2.07. The third-order valence-electron chi connectivity index (χ3n) is 2.82. The first kappa shape index (κ1) is 16.7. The number of carbonyl (C=O) groups excluding carboxylic acids is 2. The van der Waals surface area contributed by atoms with Crippen LogP contribution in [0.3, 0.4) is 0 Å². The second-order valence-corrected chi connectivity index (χ2v) is 4.76. The van der Waals surface area contributed by atoms with Gasteiger partial charge in [-0.2, -0.15) is 0 Å². The predicted molar refractivity (Wildman–Crippen MR) is 78.7 cm³/mol. The molecule has 0 saturated heterocycles. The van der Waals surface area contributed by atoms with Gasteiger partial charge in [0, 0.05) is 32.0 Å². The molecule has 1 aromatic rings. The van der Waals surface area contributed by atoms with Crippen molar-refractivity contribution in [2.75, 3.05) is 5.32 Å². The summed E-state index contributed by atoms with van der Waals surface area (Å²) in [4.78, 5) is 32.8. The Kier molecular flexibility index (Phi) is 6.94. The molecule has 0 bridgehead atoms. The van der Waals surface area contributed by atoms with Gasteiger partial charge in [0.15, 0.2) is 0 Å². The molecule has 0 aliphatic rings. The van der Waals surface area contributed by atoms with Crippen LogP contribution in [-0.2, 0) is 20.9 Å². The molecule has 0 atom stereocenters. The number of aliphatic carboxylic acids is 1. The maximum Gasteiger partial charge on any atom is 0.303 e. The summed E-state index contributed by atoms with van der Waals surface area (Å²) in [6.07, 6.45) is 1.45. The molecule has 0 unspecified atom stereocenters. The second-order valence-electron chi connectivity index (χ2n) is 4.76. The van der Waals surface area contributed by atoms with E-state index in [1.54, 1.807) is 12.1 Å². The van der Waals surface area contributed by atoms with E-state index in [0.29, 0.717) is 31.5 Å². The van der Waals surface area contributed by atoms with Gasteiger partial charge in [0.05, 0.1) is 0 Å². The number of carboxylic acids is 1. The zero-order valence-electron chi connectivity index (χ0n) is 12.0. The Hall–Kier alpha value is -2.37. The fourth-order valence-electron chi connectivity index (χ4n) is 1.72. The van der Waals surface area contributed by atoms with E-state index in [1.807, 2.05) is 12.1 Å². The summed E-state index contributed by atoms with van der Waals surface area (Å²) >= 11 is 0. The van der Waals surface area contributed by atoms with Crippen LogP contribution in [0.1, 0.15) is 38.2 Å². The minimum atomic E-state index is -0.842. The van der Waals surface area contributed by atoms with Crippen LogP contribution < -0.4 is 10.6 Å². The minimum absolute atomic E-state index is 0.0884. The Morgan fingerprint density at radius 1 is 1.05 bits per heavy atom. The number of nitrogens with one attached hydrogen (secondary N) is 2. The first-order valence-corrected chi connectivity index (χ1v) is 6.82. The lowest BCUT2D eigenvalue weighted by Crippen LogP contribution is -2.18. The van der Waals surface area contributed by atoms with E-state index < -0.39 is 5.97 Å². The average molecular weight is 292 g/mol. The predicted octanol–water partition coefficient (Wildman–Crippen LogP) is 1.91. The van der Waals surface area contributed by atoms with Gasteiger partial charge in [0.25, 0.3) is 0 Å². The van der Waals surface area contributed by atoms with Crippen LogP contribution in [0, 0.1) is 0 Å². The molecule has 1 rings (SSSR count). The summed E-state index contributed by atoms with van der Waals surface area (Å²) in [6, 6.07) is 7.20. The van der Waals surface area contributed by atoms with Crippen molar-refractivity contribution >= 4 is 23.5 Å². The van der Waals surface area contributed by atoms with Crippen LogP contribution in [-0.4, -0.2) is 22.9 Å². The van der Waals surface area contributed by atoms with Crippen LogP contribution in [0.4, 0.5) is 5.69 Å². The van der Waals surface area contributed by atoms with E-state index in [9.17, 15) is 14.4 Å². The lowest BCUT2D eigenvalue weighted by molar-refractivity contribution is -0.137. The minimum Gasteiger partial charge on any atom is -0.481 e. The van der Waals surface area contributed by atoms with Gasteiger partial charge in [-0.05, 0) is 30.5 Å². The molecule has 0 heterocycles. The number of amides is 2. The molecule has 1 aromatic carbocycles. The smallest absolute Gasteiger partial charge is 0.303 e. The van der Waals surface area contributed by atoms with Crippen LogP contribution in [0.5, 0.6) is 0 Å². The summed E-state index contributed by atoms with van der Waals surface area (Å²) in [6.45, 7) is 1.91. The van der Waals surface area contributed by atoms with Gasteiger partial charge in [-0.1, -0.05) is 12.1 Å². The third-order valence-corrected chi connectivity index (χ3v) is 2.82. The van der Waals surface area contributed by atoms with Gasteiger partial charge in [-0.15, -0.1) is 0 Å². The number of rotatable bonds is 8. The molecule has 0 aliphatic heterocycles. The Balaban J connectivity index is 2.32. The van der Waals surface area contributed by atoms with Crippen LogP contribution in [0.2, 0.25) is 0 Å². The van der Waals surface area contributed by atoms with Crippen molar-refractivity contribution in [1.29, 1.82) is 0 Å². The highest BCUT2D eigenvalue weighted by Gasteiger charge is 2.04. The van der Waals surface area contributed by atoms with Gasteiger partial charge in [-0.25, -0.2) is 0 Å². The highest BCUT2D eigenvalue weighted by molar-refractivity contribution is 5.90. The van der Waals surface area contributed by atoms with E-state index >= 15 is 0 Å². The second kappa shape index (κ2) is 8.73. The SMILES string of the molecule is CC(=O)NCc1ccc(NC(=O)CCCCC(=O)O)cc1. The van der Waals surface area contributed by atoms with Crippen LogP contribution >= 0.6 is 0 Å². The Morgan fingerprint density at radius 2 is 1.67 bits per heavy atom. The largest absolute Gasteiger partial charge is 0.481 e. The molecule has 0 saturated carbocycles. The summed E-state index contributed by atoms with van der Waals surface area (Å²) in [7, 11) is 0. The topological polar surface area (TPSA) is 95.5 Å². The van der Waals surface area contributed by atoms with E-state index in [2.05, 4.69) is 10.6 Å². The van der Waals surface area contributed by atoms with Crippen molar-refractivity contribution in [2.45, 2.75) is 39.2 Å². The highest BCUT2D eigenvalue weighted by atomic mass is 16.4. The van der Waals surface area contributed by atoms with Crippen molar-refractivity contribution in [3.05, 3.63) is 29.8 Å². The molecule has 6 nitrogen and oxygen atoms in total. The van der Waals surface area contributed by atoms with Gasteiger partial charge < -0.3 is 15.7 Å². The maximum absolute atomic E-state index is 11.6. The normalized spacial score (nSPS) is 9.95. The molecule has 0 spiro atoms. The van der Waals surface area contributed by atoms with Gasteiger partial charge in [0.2, 0.25) is 11.8 Å². The summed E-state index contributed by atoms with van der Waals surface area (Å²) in [5, 5.41) is 13.9. The molecule has 0 fully saturated rings. The number of anilines is 1. The van der Waals surface area contributed by atoms with Crippen molar-refractivity contribution in [3.8, 4) is 0 Å². The molecule has 0 radical (unpaired) electrons. The quantitative estimate of drug-likeness (QED) is 0.638. The van der Waals surface area contributed by atoms with Crippen LogP contribution in [0.25, 0.3) is 0 Å². The molecular formula is C15H20N2O4. The number of carbonyl (C=O) groups is 3. The number of benzene rings is 1. The van der Waals surface area contributed by atoms with Crippen molar-refractivity contribution in [2.24, 2.45) is 0 Å². The summed E-state index contributed by atoms with van der Waals surface area (Å²) < 4.78 is 0. The number of carboxylic acid groups (broad SMARTS) is 1. The summed E-state index contributed by atoms with van der Waals surface area (Å²) in [5.41, 5.74) is 1.63. The van der Waals surface area contributed by atoms with Crippen molar-refractivity contribution < 1.29 is 19.5 Å². The highest BCUT2D eigenvalue weighted by Crippen LogP contribution is 2.11. The van der Waals surface area contributed by atoms with Crippen LogP contribution in [0.15, 0.2) is 24.3 Å². The Morgan fingerprint density at radius 3 is 2.24 bits per heavy atom. The first-order valence-electron chi connectivity index (χ1n) is 6.82. The monoisotopic (exact) mass is 292 g/mol. The lowest BCUT2D eigenvalue weighted by atomic mass is 10.1. The number of unbranched alkanes of at least 4 members (excludes halogenated alkanes) is 1. The van der Waals surface area contributed by atoms with Crippen molar-refractivity contribution in [1.82, 2.24) is 5.32 Å². The average Bonchev–Trinajstić information content (AvgIpc) is 2.42. The zero-order valence-corrected chi connectivity index (χ0v) is 12.0. The van der Waals surface area contributed by atoms with E-state index in [1.165, 1.54) is 6.92 Å². The summed E-state index contributed by atoms with van der Waals surface area (Å²) in [5.74, 6) is -1.06. The van der Waals surface area contributed by atoms with Gasteiger partial charge in [0.1, 0.15) is 0 Å². The molecule has 0 aromatic heterocycles. The Bertz CT molecular complexity index is 497.